The summed E-state index contributed by atoms with van der Waals surface area (Å²) in [4.78, 5) is 30.4. The molecule has 148 valence electrons. The van der Waals surface area contributed by atoms with E-state index in [-0.39, 0.29) is 11.4 Å². The normalized spacial score (nSPS) is 16.6. The van der Waals surface area contributed by atoms with Gasteiger partial charge in [0.15, 0.2) is 23.0 Å². The Labute approximate surface area is 163 Å². The molecule has 1 aliphatic rings. The zero-order valence-electron chi connectivity index (χ0n) is 16.1. The number of aryl methyl sites for hydroxylation is 1. The average molecular weight is 385 g/mol. The van der Waals surface area contributed by atoms with Gasteiger partial charge in [-0.25, -0.2) is 4.98 Å². The number of hydrogen-bond acceptors (Lipinski definition) is 6. The average Bonchev–Trinajstić information content (AvgIpc) is 3.29. The zero-order chi connectivity index (χ0) is 20.3. The zero-order valence-corrected chi connectivity index (χ0v) is 16.1. The second kappa shape index (κ2) is 8.16. The topological polar surface area (TPSA) is 93.9 Å². The second-order valence-electron chi connectivity index (χ2n) is 6.49. The van der Waals surface area contributed by atoms with E-state index in [1.165, 1.54) is 26.0 Å². The van der Waals surface area contributed by atoms with E-state index in [1.807, 2.05) is 10.8 Å². The van der Waals surface area contributed by atoms with Crippen LogP contribution in [0.15, 0.2) is 48.3 Å². The number of carbonyl (C=O) groups is 2. The summed E-state index contributed by atoms with van der Waals surface area (Å²) in [6, 6.07) is 4.54. The Morgan fingerprint density at radius 2 is 1.96 bits per heavy atom. The fraction of sp³-hybridized carbons (Fsp3) is 0.350. The van der Waals surface area contributed by atoms with E-state index in [2.05, 4.69) is 4.98 Å². The molecule has 3 rings (SSSR count). The van der Waals surface area contributed by atoms with Crippen LogP contribution in [0.4, 0.5) is 0 Å². The predicted octanol–water partition coefficient (Wildman–Crippen LogP) is 2.28. The van der Waals surface area contributed by atoms with Gasteiger partial charge in [-0.05, 0) is 31.0 Å². The maximum absolute atomic E-state index is 12.7. The van der Waals surface area contributed by atoms with Gasteiger partial charge in [-0.15, -0.1) is 0 Å². The number of methoxy groups -OCH3 is 2. The van der Waals surface area contributed by atoms with Crippen molar-refractivity contribution in [3.63, 3.8) is 0 Å². The van der Waals surface area contributed by atoms with Crippen LogP contribution in [0.1, 0.15) is 24.9 Å². The molecule has 8 heteroatoms. The first-order valence-corrected chi connectivity index (χ1v) is 8.90. The molecule has 2 aromatic rings. The number of imidazole rings is 1. The van der Waals surface area contributed by atoms with Crippen LogP contribution in [0.2, 0.25) is 0 Å². The summed E-state index contributed by atoms with van der Waals surface area (Å²) in [5, 5.41) is 10.3. The molecule has 0 unspecified atom stereocenters. The maximum Gasteiger partial charge on any atom is 0.290 e. The van der Waals surface area contributed by atoms with Gasteiger partial charge in [0.1, 0.15) is 0 Å². The van der Waals surface area contributed by atoms with Crippen molar-refractivity contribution in [2.75, 3.05) is 20.8 Å². The third kappa shape index (κ3) is 3.58. The second-order valence-corrected chi connectivity index (χ2v) is 6.49. The molecule has 28 heavy (non-hydrogen) atoms. The lowest BCUT2D eigenvalue weighted by molar-refractivity contribution is -0.129. The summed E-state index contributed by atoms with van der Waals surface area (Å²) in [5.74, 6) is -0.354. The van der Waals surface area contributed by atoms with Crippen molar-refractivity contribution in [2.45, 2.75) is 25.9 Å². The lowest BCUT2D eigenvalue weighted by Crippen LogP contribution is -2.32. The van der Waals surface area contributed by atoms with Crippen molar-refractivity contribution in [1.82, 2.24) is 14.5 Å². The standard InChI is InChI=1S/C20H23N3O5/c1-13(24)17-18(14-5-6-15(27-2)16(11-14)28-3)23(20(26)19(17)25)9-4-8-22-10-7-21-12-22/h5-7,10-12,18,25H,4,8-9H2,1-3H3/t18-/m1/s1. The molecule has 0 saturated carbocycles. The minimum absolute atomic E-state index is 0.0971. The van der Waals surface area contributed by atoms with Crippen molar-refractivity contribution in [3.05, 3.63) is 53.8 Å². The van der Waals surface area contributed by atoms with Gasteiger partial charge in [0.2, 0.25) is 0 Å². The number of aliphatic hydroxyl groups is 1. The SMILES string of the molecule is COc1ccc([C@@H]2C(C(C)=O)=C(O)C(=O)N2CCCn2ccnc2)cc1OC. The van der Waals surface area contributed by atoms with Crippen LogP contribution in [0, 0.1) is 0 Å². The summed E-state index contributed by atoms with van der Waals surface area (Å²) >= 11 is 0. The predicted molar refractivity (Wildman–Crippen MR) is 101 cm³/mol. The molecular formula is C20H23N3O5. The Balaban J connectivity index is 1.92. The summed E-state index contributed by atoms with van der Waals surface area (Å²) < 4.78 is 12.5. The first-order chi connectivity index (χ1) is 13.5. The number of benzene rings is 1. The highest BCUT2D eigenvalue weighted by atomic mass is 16.5. The Morgan fingerprint density at radius 3 is 2.57 bits per heavy atom. The quantitative estimate of drug-likeness (QED) is 0.749. The first kappa shape index (κ1) is 19.5. The Kier molecular flexibility index (Phi) is 5.67. The fourth-order valence-corrected chi connectivity index (χ4v) is 3.46. The lowest BCUT2D eigenvalue weighted by Gasteiger charge is -2.27. The summed E-state index contributed by atoms with van der Waals surface area (Å²) in [6.07, 6.45) is 5.88. The van der Waals surface area contributed by atoms with Crippen LogP contribution in [0.25, 0.3) is 0 Å². The number of rotatable bonds is 8. The van der Waals surface area contributed by atoms with E-state index in [1.54, 1.807) is 30.7 Å². The van der Waals surface area contributed by atoms with E-state index >= 15 is 0 Å². The molecule has 0 spiro atoms. The highest BCUT2D eigenvalue weighted by Crippen LogP contribution is 2.40. The third-order valence-corrected chi connectivity index (χ3v) is 4.78. The number of ketones is 1. The highest BCUT2D eigenvalue weighted by molar-refractivity contribution is 6.08. The molecule has 1 amide bonds. The van der Waals surface area contributed by atoms with Crippen molar-refractivity contribution >= 4 is 11.7 Å². The minimum atomic E-state index is -0.674. The van der Waals surface area contributed by atoms with Crippen molar-refractivity contribution in [1.29, 1.82) is 0 Å². The largest absolute Gasteiger partial charge is 0.503 e. The molecular weight excluding hydrogens is 362 g/mol. The number of Topliss-reactive ketones (excluding diaryl/α,β-unsaturated/α-hetero) is 1. The van der Waals surface area contributed by atoms with Crippen LogP contribution < -0.4 is 9.47 Å². The van der Waals surface area contributed by atoms with Gasteiger partial charge in [-0.3, -0.25) is 9.59 Å². The molecule has 0 bridgehead atoms. The van der Waals surface area contributed by atoms with Gasteiger partial charge in [0.05, 0.1) is 32.2 Å². The third-order valence-electron chi connectivity index (χ3n) is 4.78. The molecule has 1 aromatic heterocycles. The van der Waals surface area contributed by atoms with Gasteiger partial charge in [-0.2, -0.15) is 0 Å². The first-order valence-electron chi connectivity index (χ1n) is 8.90. The number of carbonyl (C=O) groups excluding carboxylic acids is 2. The molecule has 1 aliphatic heterocycles. The van der Waals surface area contributed by atoms with E-state index in [4.69, 9.17) is 9.47 Å². The molecule has 8 nitrogen and oxygen atoms in total. The van der Waals surface area contributed by atoms with Gasteiger partial charge < -0.3 is 24.0 Å². The van der Waals surface area contributed by atoms with E-state index < -0.39 is 17.7 Å². The van der Waals surface area contributed by atoms with Crippen LogP contribution in [0.5, 0.6) is 11.5 Å². The Hall–Kier alpha value is -3.29. The number of aromatic nitrogens is 2. The highest BCUT2D eigenvalue weighted by Gasteiger charge is 2.42. The van der Waals surface area contributed by atoms with E-state index in [9.17, 15) is 14.7 Å². The maximum atomic E-state index is 12.7. The van der Waals surface area contributed by atoms with Crippen LogP contribution in [-0.4, -0.2) is 52.0 Å². The van der Waals surface area contributed by atoms with E-state index in [0.717, 1.165) is 0 Å². The molecule has 0 saturated heterocycles. The number of hydrogen-bond donors (Lipinski definition) is 1. The molecule has 0 radical (unpaired) electrons. The summed E-state index contributed by atoms with van der Waals surface area (Å²) in [7, 11) is 3.05. The summed E-state index contributed by atoms with van der Waals surface area (Å²) in [6.45, 7) is 2.39. The molecule has 0 aliphatic carbocycles. The van der Waals surface area contributed by atoms with Crippen molar-refractivity contribution in [3.8, 4) is 11.5 Å². The van der Waals surface area contributed by atoms with Crippen molar-refractivity contribution < 1.29 is 24.2 Å². The number of ether oxygens (including phenoxy) is 2. The van der Waals surface area contributed by atoms with E-state index in [0.29, 0.717) is 36.6 Å². The lowest BCUT2D eigenvalue weighted by atomic mass is 9.96. The molecule has 0 fully saturated rings. The monoisotopic (exact) mass is 385 g/mol. The Morgan fingerprint density at radius 1 is 1.21 bits per heavy atom. The molecule has 1 aromatic carbocycles. The van der Waals surface area contributed by atoms with Crippen LogP contribution in [0.3, 0.4) is 0 Å². The van der Waals surface area contributed by atoms with Gasteiger partial charge >= 0.3 is 0 Å². The number of nitrogens with zero attached hydrogens (tertiary/aromatic N) is 3. The summed E-state index contributed by atoms with van der Waals surface area (Å²) in [5.41, 5.74) is 0.766. The molecule has 2 heterocycles. The van der Waals surface area contributed by atoms with Crippen molar-refractivity contribution in [2.24, 2.45) is 0 Å². The number of amides is 1. The smallest absolute Gasteiger partial charge is 0.290 e. The Bertz CT molecular complexity index is 905. The minimum Gasteiger partial charge on any atom is -0.503 e. The van der Waals surface area contributed by atoms with Crippen LogP contribution >= 0.6 is 0 Å². The molecule has 1 N–H and O–H groups in total. The van der Waals surface area contributed by atoms with Gasteiger partial charge in [-0.1, -0.05) is 6.07 Å². The van der Waals surface area contributed by atoms with Crippen LogP contribution in [-0.2, 0) is 16.1 Å². The molecule has 1 atom stereocenters. The van der Waals surface area contributed by atoms with Gasteiger partial charge in [0.25, 0.3) is 5.91 Å². The number of aliphatic hydroxyl groups excluding tert-OH is 1. The van der Waals surface area contributed by atoms with Gasteiger partial charge in [0, 0.05) is 25.5 Å². The fourth-order valence-electron chi connectivity index (χ4n) is 3.46.